The molecule has 1 amide bonds. The van der Waals surface area contributed by atoms with Crippen molar-refractivity contribution in [3.63, 3.8) is 0 Å². The lowest BCUT2D eigenvalue weighted by molar-refractivity contribution is -0.149. The molecule has 0 aliphatic rings. The molecule has 30 heavy (non-hydrogen) atoms. The first-order valence-electron chi connectivity index (χ1n) is 9.57. The van der Waals surface area contributed by atoms with Crippen LogP contribution < -0.4 is 10.1 Å². The Balaban J connectivity index is 1.32. The summed E-state index contributed by atoms with van der Waals surface area (Å²) in [6.45, 7) is 3.14. The number of benzene rings is 3. The first-order valence-corrected chi connectivity index (χ1v) is 9.57. The molecule has 0 radical (unpaired) electrons. The van der Waals surface area contributed by atoms with E-state index in [4.69, 9.17) is 13.9 Å². The van der Waals surface area contributed by atoms with Crippen molar-refractivity contribution in [1.29, 1.82) is 0 Å². The van der Waals surface area contributed by atoms with Gasteiger partial charge in [0.2, 0.25) is 0 Å². The van der Waals surface area contributed by atoms with Crippen LogP contribution in [0.4, 0.5) is 5.69 Å². The fraction of sp³-hybridized carbons (Fsp3) is 0.167. The Morgan fingerprint density at radius 3 is 2.40 bits per heavy atom. The van der Waals surface area contributed by atoms with Crippen molar-refractivity contribution >= 4 is 39.5 Å². The molecule has 4 rings (SSSR count). The molecule has 0 atom stereocenters. The van der Waals surface area contributed by atoms with E-state index in [-0.39, 0.29) is 13.2 Å². The van der Waals surface area contributed by atoms with Crippen LogP contribution in [0.25, 0.3) is 21.9 Å². The summed E-state index contributed by atoms with van der Waals surface area (Å²) in [5.74, 6) is -0.498. The lowest BCUT2D eigenvalue weighted by Gasteiger charge is -2.12. The average molecular weight is 403 g/mol. The number of anilines is 1. The summed E-state index contributed by atoms with van der Waals surface area (Å²) in [6, 6.07) is 18.8. The zero-order chi connectivity index (χ0) is 21.1. The Kier molecular flexibility index (Phi) is 5.39. The van der Waals surface area contributed by atoms with Crippen LogP contribution in [0.3, 0.4) is 0 Å². The Hall–Kier alpha value is -3.80. The maximum Gasteiger partial charge on any atom is 0.344 e. The number of carbonyl (C=O) groups excluding carboxylic acids is 2. The molecule has 0 spiro atoms. The zero-order valence-electron chi connectivity index (χ0n) is 16.7. The van der Waals surface area contributed by atoms with Gasteiger partial charge in [-0.2, -0.15) is 0 Å². The smallest absolute Gasteiger partial charge is 0.344 e. The van der Waals surface area contributed by atoms with Crippen molar-refractivity contribution in [3.05, 3.63) is 71.8 Å². The second kappa shape index (κ2) is 8.29. The van der Waals surface area contributed by atoms with E-state index < -0.39 is 11.9 Å². The van der Waals surface area contributed by atoms with Gasteiger partial charge in [0.1, 0.15) is 16.9 Å². The number of rotatable bonds is 6. The summed E-state index contributed by atoms with van der Waals surface area (Å²) < 4.78 is 16.3. The number of para-hydroxylation sites is 2. The van der Waals surface area contributed by atoms with Crippen LogP contribution in [0.5, 0.6) is 5.75 Å². The summed E-state index contributed by atoms with van der Waals surface area (Å²) in [7, 11) is 0. The van der Waals surface area contributed by atoms with Crippen LogP contribution in [0.2, 0.25) is 0 Å². The number of ether oxygens (including phenoxy) is 2. The molecular weight excluding hydrogens is 382 g/mol. The number of fused-ring (bicyclic) bond motifs is 3. The number of aryl methyl sites for hydroxylation is 2. The van der Waals surface area contributed by atoms with Gasteiger partial charge >= 0.3 is 5.97 Å². The Labute approximate surface area is 173 Å². The van der Waals surface area contributed by atoms with Crippen molar-refractivity contribution < 1.29 is 23.5 Å². The van der Waals surface area contributed by atoms with E-state index >= 15 is 0 Å². The van der Waals surface area contributed by atoms with Crippen molar-refractivity contribution in [2.75, 3.05) is 18.5 Å². The molecule has 0 saturated carbocycles. The van der Waals surface area contributed by atoms with Crippen LogP contribution in [0.15, 0.2) is 65.1 Å². The Morgan fingerprint density at radius 1 is 0.867 bits per heavy atom. The summed E-state index contributed by atoms with van der Waals surface area (Å²) in [5.41, 5.74) is 4.16. The van der Waals surface area contributed by atoms with Gasteiger partial charge in [-0.15, -0.1) is 0 Å². The number of amides is 1. The highest BCUT2D eigenvalue weighted by atomic mass is 16.6. The van der Waals surface area contributed by atoms with E-state index in [1.54, 1.807) is 12.1 Å². The lowest BCUT2D eigenvalue weighted by Crippen LogP contribution is -2.24. The third-order valence-corrected chi connectivity index (χ3v) is 4.81. The standard InChI is InChI=1S/C24H21NO5/c1-15-6-5-7-16(2)24(15)25-22(26)13-29-23(27)14-28-17-10-11-21-19(12-17)18-8-3-4-9-20(18)30-21/h3-12H,13-14H2,1-2H3,(H,25,26). The predicted molar refractivity (Wildman–Crippen MR) is 115 cm³/mol. The molecule has 0 unspecified atom stereocenters. The predicted octanol–water partition coefficient (Wildman–Crippen LogP) is 4.76. The lowest BCUT2D eigenvalue weighted by atomic mass is 10.1. The van der Waals surface area contributed by atoms with Gasteiger partial charge in [-0.25, -0.2) is 4.79 Å². The van der Waals surface area contributed by atoms with E-state index in [1.165, 1.54) is 0 Å². The third kappa shape index (κ3) is 4.12. The summed E-state index contributed by atoms with van der Waals surface area (Å²) in [5, 5.41) is 4.66. The van der Waals surface area contributed by atoms with Crippen LogP contribution in [-0.2, 0) is 14.3 Å². The van der Waals surface area contributed by atoms with Gasteiger partial charge in [0.05, 0.1) is 0 Å². The van der Waals surface area contributed by atoms with Crippen molar-refractivity contribution in [3.8, 4) is 5.75 Å². The third-order valence-electron chi connectivity index (χ3n) is 4.81. The van der Waals surface area contributed by atoms with Crippen molar-refractivity contribution in [2.45, 2.75) is 13.8 Å². The average Bonchev–Trinajstić information content (AvgIpc) is 3.11. The SMILES string of the molecule is Cc1cccc(C)c1NC(=O)COC(=O)COc1ccc2oc3ccccc3c2c1. The number of nitrogens with one attached hydrogen (secondary N) is 1. The monoisotopic (exact) mass is 403 g/mol. The fourth-order valence-corrected chi connectivity index (χ4v) is 3.31. The fourth-order valence-electron chi connectivity index (χ4n) is 3.31. The minimum atomic E-state index is -0.621. The highest BCUT2D eigenvalue weighted by Gasteiger charge is 2.12. The molecule has 1 heterocycles. The number of furan rings is 1. The minimum absolute atomic E-state index is 0.294. The van der Waals surface area contributed by atoms with Gasteiger partial charge < -0.3 is 19.2 Å². The van der Waals surface area contributed by atoms with Crippen LogP contribution in [0.1, 0.15) is 11.1 Å². The zero-order valence-corrected chi connectivity index (χ0v) is 16.7. The topological polar surface area (TPSA) is 77.8 Å². The molecular formula is C24H21NO5. The highest BCUT2D eigenvalue weighted by Crippen LogP contribution is 2.31. The van der Waals surface area contributed by atoms with Crippen LogP contribution >= 0.6 is 0 Å². The number of hydrogen-bond acceptors (Lipinski definition) is 5. The molecule has 0 saturated heterocycles. The Morgan fingerprint density at radius 2 is 1.60 bits per heavy atom. The summed E-state index contributed by atoms with van der Waals surface area (Å²) in [6.07, 6.45) is 0. The van der Waals surface area contributed by atoms with E-state index in [0.29, 0.717) is 5.75 Å². The maximum absolute atomic E-state index is 12.1. The van der Waals surface area contributed by atoms with E-state index in [1.807, 2.05) is 62.4 Å². The summed E-state index contributed by atoms with van der Waals surface area (Å²) in [4.78, 5) is 24.1. The van der Waals surface area contributed by atoms with Gasteiger partial charge in [-0.05, 0) is 49.2 Å². The second-order valence-electron chi connectivity index (χ2n) is 7.02. The molecule has 1 aromatic heterocycles. The molecule has 0 aliphatic heterocycles. The van der Waals surface area contributed by atoms with E-state index in [2.05, 4.69) is 5.32 Å². The molecule has 3 aromatic carbocycles. The number of carbonyl (C=O) groups is 2. The van der Waals surface area contributed by atoms with Gasteiger partial charge in [0.15, 0.2) is 13.2 Å². The molecule has 0 fully saturated rings. The number of esters is 1. The summed E-state index contributed by atoms with van der Waals surface area (Å²) >= 11 is 0. The highest BCUT2D eigenvalue weighted by molar-refractivity contribution is 6.05. The minimum Gasteiger partial charge on any atom is -0.482 e. The van der Waals surface area contributed by atoms with E-state index in [0.717, 1.165) is 38.8 Å². The molecule has 0 bridgehead atoms. The Bertz CT molecular complexity index is 1220. The van der Waals surface area contributed by atoms with Crippen LogP contribution in [0, 0.1) is 13.8 Å². The largest absolute Gasteiger partial charge is 0.482 e. The van der Waals surface area contributed by atoms with Crippen LogP contribution in [-0.4, -0.2) is 25.1 Å². The quantitative estimate of drug-likeness (QED) is 0.470. The molecule has 152 valence electrons. The molecule has 6 nitrogen and oxygen atoms in total. The molecule has 0 aliphatic carbocycles. The molecule has 6 heteroatoms. The second-order valence-corrected chi connectivity index (χ2v) is 7.02. The van der Waals surface area contributed by atoms with Gasteiger partial charge in [0.25, 0.3) is 5.91 Å². The first-order chi connectivity index (χ1) is 14.5. The van der Waals surface area contributed by atoms with E-state index in [9.17, 15) is 9.59 Å². The van der Waals surface area contributed by atoms with Gasteiger partial charge in [-0.1, -0.05) is 36.4 Å². The molecule has 4 aromatic rings. The van der Waals surface area contributed by atoms with Gasteiger partial charge in [0, 0.05) is 16.5 Å². The first kappa shape index (κ1) is 19.5. The normalized spacial score (nSPS) is 10.9. The van der Waals surface area contributed by atoms with Crippen molar-refractivity contribution in [1.82, 2.24) is 0 Å². The molecule has 1 N–H and O–H groups in total. The maximum atomic E-state index is 12.1. The number of hydrogen-bond donors (Lipinski definition) is 1. The van der Waals surface area contributed by atoms with Crippen molar-refractivity contribution in [2.24, 2.45) is 0 Å². The van der Waals surface area contributed by atoms with Gasteiger partial charge in [-0.3, -0.25) is 4.79 Å².